The standard InChI is InChI=1S/C15H15FN2O3/c1-2-21-15(20)13-8-5-9-18(13)10-14(19)17-12-7-4-3-6-11(12)16/h3-9H,2,10H2,1H3,(H,17,19). The van der Waals surface area contributed by atoms with E-state index < -0.39 is 17.7 Å². The number of nitrogens with zero attached hydrogens (tertiary/aromatic N) is 1. The maximum atomic E-state index is 13.4. The summed E-state index contributed by atoms with van der Waals surface area (Å²) in [5, 5.41) is 2.46. The summed E-state index contributed by atoms with van der Waals surface area (Å²) in [5.41, 5.74) is 0.382. The number of aromatic nitrogens is 1. The van der Waals surface area contributed by atoms with Gasteiger partial charge in [0.25, 0.3) is 0 Å². The molecule has 0 saturated carbocycles. The first-order chi connectivity index (χ1) is 10.1. The monoisotopic (exact) mass is 290 g/mol. The molecule has 2 aromatic rings. The normalized spacial score (nSPS) is 10.2. The molecule has 1 heterocycles. The molecule has 6 heteroatoms. The van der Waals surface area contributed by atoms with Gasteiger partial charge in [-0.1, -0.05) is 12.1 Å². The van der Waals surface area contributed by atoms with Crippen molar-refractivity contribution in [3.8, 4) is 0 Å². The molecule has 0 bridgehead atoms. The van der Waals surface area contributed by atoms with Gasteiger partial charge in [0.2, 0.25) is 5.91 Å². The van der Waals surface area contributed by atoms with E-state index in [-0.39, 0.29) is 24.5 Å². The topological polar surface area (TPSA) is 60.3 Å². The van der Waals surface area contributed by atoms with Crippen molar-refractivity contribution in [3.63, 3.8) is 0 Å². The van der Waals surface area contributed by atoms with Crippen molar-refractivity contribution in [1.82, 2.24) is 4.57 Å². The number of esters is 1. The Hall–Kier alpha value is -2.63. The molecule has 0 unspecified atom stereocenters. The van der Waals surface area contributed by atoms with E-state index in [4.69, 9.17) is 4.74 Å². The van der Waals surface area contributed by atoms with Crippen LogP contribution in [0, 0.1) is 5.82 Å². The van der Waals surface area contributed by atoms with E-state index in [1.807, 2.05) is 0 Å². The van der Waals surface area contributed by atoms with Crippen molar-refractivity contribution in [1.29, 1.82) is 0 Å². The number of halogens is 1. The first-order valence-electron chi connectivity index (χ1n) is 6.48. The highest BCUT2D eigenvalue weighted by molar-refractivity contribution is 5.92. The average Bonchev–Trinajstić information content (AvgIpc) is 2.90. The Labute approximate surface area is 121 Å². The number of amides is 1. The highest BCUT2D eigenvalue weighted by atomic mass is 19.1. The molecule has 1 aromatic carbocycles. The number of carbonyl (C=O) groups excluding carboxylic acids is 2. The van der Waals surface area contributed by atoms with Crippen molar-refractivity contribution in [2.75, 3.05) is 11.9 Å². The minimum atomic E-state index is -0.510. The van der Waals surface area contributed by atoms with Gasteiger partial charge in [0.15, 0.2) is 0 Å². The Morgan fingerprint density at radius 2 is 2.00 bits per heavy atom. The van der Waals surface area contributed by atoms with Crippen LogP contribution in [0.5, 0.6) is 0 Å². The fourth-order valence-corrected chi connectivity index (χ4v) is 1.85. The third-order valence-electron chi connectivity index (χ3n) is 2.78. The van der Waals surface area contributed by atoms with Gasteiger partial charge in [0, 0.05) is 6.20 Å². The lowest BCUT2D eigenvalue weighted by atomic mass is 10.3. The largest absolute Gasteiger partial charge is 0.461 e. The minimum absolute atomic E-state index is 0.102. The second-order valence-electron chi connectivity index (χ2n) is 4.27. The second kappa shape index (κ2) is 6.69. The highest BCUT2D eigenvalue weighted by Crippen LogP contribution is 2.13. The highest BCUT2D eigenvalue weighted by Gasteiger charge is 2.14. The number of nitrogens with one attached hydrogen (secondary N) is 1. The number of benzene rings is 1. The maximum Gasteiger partial charge on any atom is 0.354 e. The molecule has 1 N–H and O–H groups in total. The smallest absolute Gasteiger partial charge is 0.354 e. The molecule has 0 aliphatic rings. The molecule has 0 aliphatic carbocycles. The summed E-state index contributed by atoms with van der Waals surface area (Å²) in [6, 6.07) is 9.09. The van der Waals surface area contributed by atoms with Gasteiger partial charge in [-0.2, -0.15) is 0 Å². The summed E-state index contributed by atoms with van der Waals surface area (Å²) >= 11 is 0. The number of carbonyl (C=O) groups is 2. The summed E-state index contributed by atoms with van der Waals surface area (Å²) in [7, 11) is 0. The molecule has 0 aliphatic heterocycles. The molecule has 5 nitrogen and oxygen atoms in total. The predicted octanol–water partition coefficient (Wildman–Crippen LogP) is 2.44. The zero-order valence-electron chi connectivity index (χ0n) is 11.5. The molecular weight excluding hydrogens is 275 g/mol. The van der Waals surface area contributed by atoms with Crippen molar-refractivity contribution >= 4 is 17.6 Å². The lowest BCUT2D eigenvalue weighted by Crippen LogP contribution is -2.22. The van der Waals surface area contributed by atoms with Crippen molar-refractivity contribution < 1.29 is 18.7 Å². The van der Waals surface area contributed by atoms with Crippen LogP contribution in [-0.4, -0.2) is 23.1 Å². The van der Waals surface area contributed by atoms with Crippen LogP contribution in [0.1, 0.15) is 17.4 Å². The van der Waals surface area contributed by atoms with Crippen LogP contribution < -0.4 is 5.32 Å². The lowest BCUT2D eigenvalue weighted by molar-refractivity contribution is -0.116. The predicted molar refractivity (Wildman–Crippen MR) is 75.4 cm³/mol. The quantitative estimate of drug-likeness (QED) is 0.860. The van der Waals surface area contributed by atoms with E-state index in [1.54, 1.807) is 31.3 Å². The number of rotatable bonds is 5. The van der Waals surface area contributed by atoms with E-state index in [0.717, 1.165) is 0 Å². The fourth-order valence-electron chi connectivity index (χ4n) is 1.85. The molecule has 21 heavy (non-hydrogen) atoms. The molecule has 110 valence electrons. The van der Waals surface area contributed by atoms with E-state index in [0.29, 0.717) is 0 Å². The number of hydrogen-bond donors (Lipinski definition) is 1. The fraction of sp³-hybridized carbons (Fsp3) is 0.200. The minimum Gasteiger partial charge on any atom is -0.461 e. The van der Waals surface area contributed by atoms with Crippen molar-refractivity contribution in [2.45, 2.75) is 13.5 Å². The first kappa shape index (κ1) is 14.8. The Morgan fingerprint density at radius 3 is 2.71 bits per heavy atom. The third kappa shape index (κ3) is 3.68. The summed E-state index contributed by atoms with van der Waals surface area (Å²) in [4.78, 5) is 23.6. The number of para-hydroxylation sites is 1. The third-order valence-corrected chi connectivity index (χ3v) is 2.78. The van der Waals surface area contributed by atoms with Crippen LogP contribution in [0.3, 0.4) is 0 Å². The summed E-state index contributed by atoms with van der Waals surface area (Å²) in [6.45, 7) is 1.86. The Balaban J connectivity index is 2.05. The summed E-state index contributed by atoms with van der Waals surface area (Å²) in [6.07, 6.45) is 1.59. The van der Waals surface area contributed by atoms with Gasteiger partial charge in [-0.05, 0) is 31.2 Å². The van der Waals surface area contributed by atoms with Crippen LogP contribution in [0.15, 0.2) is 42.6 Å². The van der Waals surface area contributed by atoms with Crippen molar-refractivity contribution in [2.24, 2.45) is 0 Å². The molecule has 0 saturated heterocycles. The number of anilines is 1. The number of ether oxygens (including phenoxy) is 1. The molecule has 0 radical (unpaired) electrons. The maximum absolute atomic E-state index is 13.4. The van der Waals surface area contributed by atoms with Gasteiger partial charge in [-0.3, -0.25) is 4.79 Å². The Morgan fingerprint density at radius 1 is 1.24 bits per heavy atom. The van der Waals surface area contributed by atoms with Gasteiger partial charge in [-0.25, -0.2) is 9.18 Å². The van der Waals surface area contributed by atoms with Crippen LogP contribution in [0.25, 0.3) is 0 Å². The molecule has 0 atom stereocenters. The lowest BCUT2D eigenvalue weighted by Gasteiger charge is -2.09. The molecule has 0 spiro atoms. The van der Waals surface area contributed by atoms with E-state index in [9.17, 15) is 14.0 Å². The van der Waals surface area contributed by atoms with Crippen LogP contribution >= 0.6 is 0 Å². The van der Waals surface area contributed by atoms with Gasteiger partial charge < -0.3 is 14.6 Å². The summed E-state index contributed by atoms with van der Waals surface area (Å²) < 4.78 is 19.8. The van der Waals surface area contributed by atoms with E-state index >= 15 is 0 Å². The Bertz CT molecular complexity index is 652. The van der Waals surface area contributed by atoms with Crippen molar-refractivity contribution in [3.05, 3.63) is 54.1 Å². The van der Waals surface area contributed by atoms with E-state index in [2.05, 4.69) is 5.32 Å². The second-order valence-corrected chi connectivity index (χ2v) is 4.27. The molecule has 1 aromatic heterocycles. The SMILES string of the molecule is CCOC(=O)c1cccn1CC(=O)Nc1ccccc1F. The van der Waals surface area contributed by atoms with Gasteiger partial charge in [0.05, 0.1) is 12.3 Å². The Kier molecular flexibility index (Phi) is 4.71. The van der Waals surface area contributed by atoms with Gasteiger partial charge in [-0.15, -0.1) is 0 Å². The van der Waals surface area contributed by atoms with Gasteiger partial charge in [0.1, 0.15) is 18.1 Å². The van der Waals surface area contributed by atoms with E-state index in [1.165, 1.54) is 22.8 Å². The molecule has 0 fully saturated rings. The first-order valence-corrected chi connectivity index (χ1v) is 6.48. The number of hydrogen-bond acceptors (Lipinski definition) is 3. The summed E-state index contributed by atoms with van der Waals surface area (Å²) in [5.74, 6) is -1.44. The zero-order valence-corrected chi connectivity index (χ0v) is 11.5. The molecule has 1 amide bonds. The zero-order chi connectivity index (χ0) is 15.2. The molecular formula is C15H15FN2O3. The van der Waals surface area contributed by atoms with Crippen LogP contribution in [0.4, 0.5) is 10.1 Å². The van der Waals surface area contributed by atoms with Crippen LogP contribution in [-0.2, 0) is 16.1 Å². The van der Waals surface area contributed by atoms with Gasteiger partial charge >= 0.3 is 5.97 Å². The molecule has 2 rings (SSSR count). The average molecular weight is 290 g/mol. The van der Waals surface area contributed by atoms with Crippen LogP contribution in [0.2, 0.25) is 0 Å².